The van der Waals surface area contributed by atoms with E-state index in [2.05, 4.69) is 0 Å². The van der Waals surface area contributed by atoms with Crippen LogP contribution >= 0.6 is 0 Å². The molecule has 5 nitrogen and oxygen atoms in total. The lowest BCUT2D eigenvalue weighted by molar-refractivity contribution is 0.0920. The maximum absolute atomic E-state index is 13.8. The molecule has 0 unspecified atom stereocenters. The quantitative estimate of drug-likeness (QED) is 0.281. The second-order valence-electron chi connectivity index (χ2n) is 6.56. The van der Waals surface area contributed by atoms with Crippen molar-refractivity contribution in [1.29, 1.82) is 0 Å². The summed E-state index contributed by atoms with van der Waals surface area (Å²) in [6, 6.07) is 14.7. The minimum absolute atomic E-state index is 0.0649. The molecule has 4 aromatic rings. The minimum atomic E-state index is -0.617. The van der Waals surface area contributed by atoms with E-state index in [1.54, 1.807) is 31.2 Å². The lowest BCUT2D eigenvalue weighted by Crippen LogP contribution is -2.12. The summed E-state index contributed by atoms with van der Waals surface area (Å²) >= 11 is 0. The third-order valence-electron chi connectivity index (χ3n) is 4.82. The van der Waals surface area contributed by atoms with Crippen LogP contribution in [0.1, 0.15) is 15.9 Å². The molecule has 0 aliphatic heterocycles. The molecule has 146 valence electrons. The van der Waals surface area contributed by atoms with Crippen LogP contribution in [0.4, 0.5) is 4.39 Å². The van der Waals surface area contributed by atoms with E-state index < -0.39 is 11.4 Å². The van der Waals surface area contributed by atoms with Crippen molar-refractivity contribution in [3.63, 3.8) is 0 Å². The van der Waals surface area contributed by atoms with Crippen LogP contribution in [-0.2, 0) is 0 Å². The van der Waals surface area contributed by atoms with E-state index in [-0.39, 0.29) is 23.7 Å². The SMILES string of the molecule is COc1ccc(C(=O)COc2ccc3c(oc(=O)c4ccccc43)c2C)cc1F. The summed E-state index contributed by atoms with van der Waals surface area (Å²) in [5, 5.41) is 2.08. The van der Waals surface area contributed by atoms with Crippen molar-refractivity contribution < 1.29 is 23.1 Å². The lowest BCUT2D eigenvalue weighted by atomic mass is 10.0. The van der Waals surface area contributed by atoms with Gasteiger partial charge in [-0.05, 0) is 48.7 Å². The Hall–Kier alpha value is -3.67. The van der Waals surface area contributed by atoms with Gasteiger partial charge in [-0.1, -0.05) is 18.2 Å². The van der Waals surface area contributed by atoms with Gasteiger partial charge >= 0.3 is 5.63 Å². The first-order valence-electron chi connectivity index (χ1n) is 8.94. The molecule has 0 aliphatic carbocycles. The molecule has 1 aromatic heterocycles. The van der Waals surface area contributed by atoms with Crippen LogP contribution in [0.2, 0.25) is 0 Å². The fourth-order valence-electron chi connectivity index (χ4n) is 3.28. The second-order valence-corrected chi connectivity index (χ2v) is 6.56. The van der Waals surface area contributed by atoms with Gasteiger partial charge in [-0.3, -0.25) is 4.79 Å². The van der Waals surface area contributed by atoms with Crippen LogP contribution in [0.15, 0.2) is 63.8 Å². The topological polar surface area (TPSA) is 65.7 Å². The molecule has 6 heteroatoms. The van der Waals surface area contributed by atoms with Gasteiger partial charge in [0.15, 0.2) is 24.0 Å². The predicted octanol–water partition coefficient (Wildman–Crippen LogP) is 4.66. The Balaban J connectivity index is 1.64. The molecule has 1 heterocycles. The van der Waals surface area contributed by atoms with Gasteiger partial charge in [-0.15, -0.1) is 0 Å². The number of hydrogen-bond acceptors (Lipinski definition) is 5. The van der Waals surface area contributed by atoms with Crippen molar-refractivity contribution in [2.75, 3.05) is 13.7 Å². The van der Waals surface area contributed by atoms with Crippen LogP contribution in [0.5, 0.6) is 11.5 Å². The second kappa shape index (κ2) is 7.39. The number of carbonyl (C=O) groups excluding carboxylic acids is 1. The van der Waals surface area contributed by atoms with Crippen LogP contribution in [-0.4, -0.2) is 19.5 Å². The van der Waals surface area contributed by atoms with E-state index in [1.165, 1.54) is 19.2 Å². The number of methoxy groups -OCH3 is 1. The molecule has 0 saturated carbocycles. The average Bonchev–Trinajstić information content (AvgIpc) is 2.73. The molecule has 3 aromatic carbocycles. The number of ketones is 1. The Morgan fingerprint density at radius 1 is 1.00 bits per heavy atom. The standard InChI is InChI=1S/C23H17FO5/c1-13-20(28-12-19(25)14-7-9-21(27-2)18(24)11-14)10-8-16-15-5-3-4-6-17(15)23(26)29-22(13)16/h3-11H,12H2,1-2H3. The third kappa shape index (κ3) is 3.33. The summed E-state index contributed by atoms with van der Waals surface area (Å²) in [5.41, 5.74) is 0.769. The van der Waals surface area contributed by atoms with E-state index in [1.807, 2.05) is 12.1 Å². The van der Waals surface area contributed by atoms with Gasteiger partial charge in [0.1, 0.15) is 11.3 Å². The number of rotatable bonds is 5. The van der Waals surface area contributed by atoms with E-state index in [0.29, 0.717) is 22.3 Å². The summed E-state index contributed by atoms with van der Waals surface area (Å²) in [7, 11) is 1.35. The molecular weight excluding hydrogens is 375 g/mol. The van der Waals surface area contributed by atoms with Gasteiger partial charge in [0, 0.05) is 16.5 Å². The Morgan fingerprint density at radius 3 is 2.45 bits per heavy atom. The molecule has 0 N–H and O–H groups in total. The first kappa shape index (κ1) is 18.7. The van der Waals surface area contributed by atoms with Gasteiger partial charge < -0.3 is 13.9 Å². The smallest absolute Gasteiger partial charge is 0.344 e. The summed E-state index contributed by atoms with van der Waals surface area (Å²) in [4.78, 5) is 24.7. The zero-order chi connectivity index (χ0) is 20.5. The van der Waals surface area contributed by atoms with Crippen molar-refractivity contribution in [3.05, 3.63) is 82.0 Å². The number of benzene rings is 3. The van der Waals surface area contributed by atoms with E-state index in [0.717, 1.165) is 16.8 Å². The Kier molecular flexibility index (Phi) is 4.76. The van der Waals surface area contributed by atoms with Crippen molar-refractivity contribution in [2.45, 2.75) is 6.92 Å². The van der Waals surface area contributed by atoms with Crippen LogP contribution in [0.3, 0.4) is 0 Å². The van der Waals surface area contributed by atoms with Gasteiger partial charge in [-0.25, -0.2) is 9.18 Å². The number of halogens is 1. The largest absolute Gasteiger partial charge is 0.494 e. The number of fused-ring (bicyclic) bond motifs is 3. The molecule has 0 fully saturated rings. The molecule has 0 amide bonds. The summed E-state index contributed by atoms with van der Waals surface area (Å²) in [5.74, 6) is -0.520. The van der Waals surface area contributed by atoms with Crippen LogP contribution in [0, 0.1) is 12.7 Å². The molecule has 29 heavy (non-hydrogen) atoms. The fraction of sp³-hybridized carbons (Fsp3) is 0.130. The molecule has 0 radical (unpaired) electrons. The Morgan fingerprint density at radius 2 is 1.72 bits per heavy atom. The highest BCUT2D eigenvalue weighted by atomic mass is 19.1. The number of aryl methyl sites for hydroxylation is 1. The predicted molar refractivity (Wildman–Crippen MR) is 108 cm³/mol. The van der Waals surface area contributed by atoms with Crippen LogP contribution in [0.25, 0.3) is 21.7 Å². The van der Waals surface area contributed by atoms with E-state index >= 15 is 0 Å². The lowest BCUT2D eigenvalue weighted by Gasteiger charge is -2.11. The van der Waals surface area contributed by atoms with Crippen molar-refractivity contribution >= 4 is 27.5 Å². The van der Waals surface area contributed by atoms with Crippen molar-refractivity contribution in [2.24, 2.45) is 0 Å². The highest BCUT2D eigenvalue weighted by molar-refractivity contribution is 6.05. The van der Waals surface area contributed by atoms with Crippen molar-refractivity contribution in [1.82, 2.24) is 0 Å². The first-order chi connectivity index (χ1) is 14.0. The number of hydrogen-bond donors (Lipinski definition) is 0. The maximum Gasteiger partial charge on any atom is 0.344 e. The number of carbonyl (C=O) groups is 1. The van der Waals surface area contributed by atoms with Crippen LogP contribution < -0.4 is 15.1 Å². The molecular formula is C23H17FO5. The van der Waals surface area contributed by atoms with E-state index in [9.17, 15) is 14.0 Å². The monoisotopic (exact) mass is 392 g/mol. The van der Waals surface area contributed by atoms with Gasteiger partial charge in [0.2, 0.25) is 0 Å². The molecule has 0 aliphatic rings. The number of ether oxygens (including phenoxy) is 2. The fourth-order valence-corrected chi connectivity index (χ4v) is 3.28. The molecule has 4 rings (SSSR count). The molecule has 0 atom stereocenters. The van der Waals surface area contributed by atoms with Crippen molar-refractivity contribution in [3.8, 4) is 11.5 Å². The first-order valence-corrected chi connectivity index (χ1v) is 8.94. The average molecular weight is 392 g/mol. The van der Waals surface area contributed by atoms with Gasteiger partial charge in [-0.2, -0.15) is 0 Å². The summed E-state index contributed by atoms with van der Waals surface area (Å²) < 4.78 is 29.8. The molecule has 0 spiro atoms. The Bertz CT molecular complexity index is 1310. The summed E-state index contributed by atoms with van der Waals surface area (Å²) in [6.45, 7) is 1.48. The Labute approximate surface area is 165 Å². The maximum atomic E-state index is 13.8. The highest BCUT2D eigenvalue weighted by Crippen LogP contribution is 2.31. The third-order valence-corrected chi connectivity index (χ3v) is 4.82. The minimum Gasteiger partial charge on any atom is -0.494 e. The molecule has 0 bridgehead atoms. The summed E-state index contributed by atoms with van der Waals surface area (Å²) in [6.07, 6.45) is 0. The highest BCUT2D eigenvalue weighted by Gasteiger charge is 2.15. The number of Topliss-reactive ketones (excluding diaryl/α,β-unsaturated/α-hetero) is 1. The van der Waals surface area contributed by atoms with E-state index in [4.69, 9.17) is 13.9 Å². The normalized spacial score (nSPS) is 11.0. The zero-order valence-electron chi connectivity index (χ0n) is 15.8. The van der Waals surface area contributed by atoms with Gasteiger partial charge in [0.25, 0.3) is 0 Å². The molecule has 0 saturated heterocycles. The zero-order valence-corrected chi connectivity index (χ0v) is 15.8. The van der Waals surface area contributed by atoms with Gasteiger partial charge in [0.05, 0.1) is 12.5 Å².